The summed E-state index contributed by atoms with van der Waals surface area (Å²) in [6.45, 7) is 6.63. The Labute approximate surface area is 158 Å². The van der Waals surface area contributed by atoms with Gasteiger partial charge in [0.15, 0.2) is 0 Å². The molecule has 3 heterocycles. The van der Waals surface area contributed by atoms with E-state index in [1.807, 2.05) is 75.4 Å². The molecule has 1 aromatic heterocycles. The molecule has 4 rings (SSSR count). The van der Waals surface area contributed by atoms with E-state index in [9.17, 15) is 4.79 Å². The number of para-hydroxylation sites is 1. The number of benzene rings is 1. The molecule has 0 saturated carbocycles. The van der Waals surface area contributed by atoms with Crippen LogP contribution in [-0.4, -0.2) is 16.5 Å². The van der Waals surface area contributed by atoms with E-state index in [2.05, 4.69) is 10.0 Å². The zero-order valence-electron chi connectivity index (χ0n) is 15.6. The van der Waals surface area contributed by atoms with Crippen LogP contribution in [0.15, 0.2) is 92.9 Å². The highest BCUT2D eigenvalue weighted by molar-refractivity contribution is 6.30. The lowest BCUT2D eigenvalue weighted by Gasteiger charge is -2.29. The summed E-state index contributed by atoms with van der Waals surface area (Å²) in [5.74, 6) is 0.804. The molecule has 0 aliphatic carbocycles. The van der Waals surface area contributed by atoms with Gasteiger partial charge in [-0.15, -0.1) is 0 Å². The Balaban J connectivity index is 1.67. The first kappa shape index (κ1) is 17.1. The van der Waals surface area contributed by atoms with Crippen LogP contribution in [0, 0.1) is 0 Å². The van der Waals surface area contributed by atoms with Crippen molar-refractivity contribution in [2.75, 3.05) is 5.01 Å². The summed E-state index contributed by atoms with van der Waals surface area (Å²) in [5.41, 5.74) is 5.17. The minimum absolute atomic E-state index is 0.0960. The van der Waals surface area contributed by atoms with E-state index in [0.717, 1.165) is 34.1 Å². The van der Waals surface area contributed by atoms with Gasteiger partial charge in [-0.25, -0.2) is 0 Å². The smallest absolute Gasteiger partial charge is 0.281 e. The maximum atomic E-state index is 13.0. The predicted molar refractivity (Wildman–Crippen MR) is 106 cm³/mol. The Bertz CT molecular complexity index is 973. The van der Waals surface area contributed by atoms with Gasteiger partial charge >= 0.3 is 0 Å². The molecule has 0 atom stereocenters. The first-order chi connectivity index (χ1) is 13.0. The van der Waals surface area contributed by atoms with E-state index in [4.69, 9.17) is 4.42 Å². The highest BCUT2D eigenvalue weighted by Gasteiger charge is 2.31. The SMILES string of the molecule is CC1=CC(=C2C(=O)N(c3ccccc3)N=C2C)C=C(C)N1Cc1ccco1. The third-order valence-corrected chi connectivity index (χ3v) is 4.78. The first-order valence-corrected chi connectivity index (χ1v) is 8.90. The van der Waals surface area contributed by atoms with Crippen molar-refractivity contribution < 1.29 is 9.21 Å². The van der Waals surface area contributed by atoms with Crippen LogP contribution in [0.2, 0.25) is 0 Å². The quantitative estimate of drug-likeness (QED) is 0.751. The Kier molecular flexibility index (Phi) is 4.28. The normalized spacial score (nSPS) is 17.3. The summed E-state index contributed by atoms with van der Waals surface area (Å²) in [4.78, 5) is 15.2. The number of allylic oxidation sites excluding steroid dienone is 5. The van der Waals surface area contributed by atoms with E-state index < -0.39 is 0 Å². The molecule has 136 valence electrons. The zero-order chi connectivity index (χ0) is 19.0. The maximum Gasteiger partial charge on any atom is 0.281 e. The van der Waals surface area contributed by atoms with Gasteiger partial charge in [-0.1, -0.05) is 18.2 Å². The Morgan fingerprint density at radius 2 is 1.67 bits per heavy atom. The number of nitrogens with zero attached hydrogens (tertiary/aromatic N) is 3. The summed E-state index contributed by atoms with van der Waals surface area (Å²) < 4.78 is 5.47. The molecule has 5 heteroatoms. The molecule has 0 saturated heterocycles. The van der Waals surface area contributed by atoms with Crippen LogP contribution in [0.25, 0.3) is 0 Å². The molecule has 1 amide bonds. The van der Waals surface area contributed by atoms with Crippen LogP contribution in [0.5, 0.6) is 0 Å². The number of carbonyl (C=O) groups is 1. The fourth-order valence-corrected chi connectivity index (χ4v) is 3.46. The van der Waals surface area contributed by atoms with Crippen LogP contribution in [0.4, 0.5) is 5.69 Å². The average molecular weight is 359 g/mol. The summed E-state index contributed by atoms with van der Waals surface area (Å²) in [7, 11) is 0. The van der Waals surface area contributed by atoms with Crippen LogP contribution in [-0.2, 0) is 11.3 Å². The van der Waals surface area contributed by atoms with Gasteiger partial charge < -0.3 is 9.32 Å². The van der Waals surface area contributed by atoms with Crippen LogP contribution < -0.4 is 5.01 Å². The predicted octanol–water partition coefficient (Wildman–Crippen LogP) is 4.62. The van der Waals surface area contributed by atoms with E-state index in [1.54, 1.807) is 6.26 Å². The lowest BCUT2D eigenvalue weighted by molar-refractivity contribution is -0.114. The monoisotopic (exact) mass is 359 g/mol. The molecule has 5 nitrogen and oxygen atoms in total. The highest BCUT2D eigenvalue weighted by atomic mass is 16.3. The second kappa shape index (κ2) is 6.76. The number of furan rings is 1. The Morgan fingerprint density at radius 1 is 0.963 bits per heavy atom. The van der Waals surface area contributed by atoms with Crippen molar-refractivity contribution in [2.24, 2.45) is 5.10 Å². The van der Waals surface area contributed by atoms with Crippen molar-refractivity contribution in [1.82, 2.24) is 4.90 Å². The molecule has 27 heavy (non-hydrogen) atoms. The van der Waals surface area contributed by atoms with Gasteiger partial charge in [-0.05, 0) is 62.8 Å². The molecule has 0 unspecified atom stereocenters. The number of amides is 1. The minimum Gasteiger partial charge on any atom is -0.467 e. The van der Waals surface area contributed by atoms with Crippen molar-refractivity contribution in [3.8, 4) is 0 Å². The number of anilines is 1. The van der Waals surface area contributed by atoms with Crippen molar-refractivity contribution >= 4 is 17.3 Å². The topological polar surface area (TPSA) is 49.1 Å². The maximum absolute atomic E-state index is 13.0. The molecular weight excluding hydrogens is 338 g/mol. The molecule has 0 bridgehead atoms. The molecule has 2 aliphatic heterocycles. The second-order valence-electron chi connectivity index (χ2n) is 6.71. The largest absolute Gasteiger partial charge is 0.467 e. The van der Waals surface area contributed by atoms with Crippen LogP contribution >= 0.6 is 0 Å². The highest BCUT2D eigenvalue weighted by Crippen LogP contribution is 2.31. The van der Waals surface area contributed by atoms with Gasteiger partial charge in [0.05, 0.1) is 29.8 Å². The summed E-state index contributed by atoms with van der Waals surface area (Å²) in [5, 5.41) is 5.95. The number of hydrogen-bond acceptors (Lipinski definition) is 4. The van der Waals surface area contributed by atoms with Crippen LogP contribution in [0.3, 0.4) is 0 Å². The van der Waals surface area contributed by atoms with Crippen molar-refractivity contribution in [3.63, 3.8) is 0 Å². The van der Waals surface area contributed by atoms with Gasteiger partial charge in [-0.3, -0.25) is 4.79 Å². The molecule has 0 radical (unpaired) electrons. The molecule has 2 aromatic rings. The average Bonchev–Trinajstić information content (AvgIpc) is 3.26. The minimum atomic E-state index is -0.0960. The number of hydrazone groups is 1. The molecule has 0 fully saturated rings. The molecule has 2 aliphatic rings. The van der Waals surface area contributed by atoms with E-state index in [1.165, 1.54) is 5.01 Å². The summed E-state index contributed by atoms with van der Waals surface area (Å²) in [6, 6.07) is 13.4. The summed E-state index contributed by atoms with van der Waals surface area (Å²) in [6.07, 6.45) is 5.76. The first-order valence-electron chi connectivity index (χ1n) is 8.90. The van der Waals surface area contributed by atoms with Gasteiger partial charge in [0, 0.05) is 11.4 Å². The van der Waals surface area contributed by atoms with Crippen molar-refractivity contribution in [1.29, 1.82) is 0 Å². The van der Waals surface area contributed by atoms with Gasteiger partial charge in [0.2, 0.25) is 0 Å². The third-order valence-electron chi connectivity index (χ3n) is 4.78. The van der Waals surface area contributed by atoms with Crippen LogP contribution in [0.1, 0.15) is 26.5 Å². The molecule has 0 N–H and O–H groups in total. The molecular formula is C22H21N3O2. The fraction of sp³-hybridized carbons (Fsp3) is 0.182. The second-order valence-corrected chi connectivity index (χ2v) is 6.71. The Hall–Kier alpha value is -3.34. The van der Waals surface area contributed by atoms with E-state index in [0.29, 0.717) is 12.1 Å². The summed E-state index contributed by atoms with van der Waals surface area (Å²) >= 11 is 0. The van der Waals surface area contributed by atoms with Gasteiger partial charge in [-0.2, -0.15) is 10.1 Å². The zero-order valence-corrected chi connectivity index (χ0v) is 15.6. The number of rotatable bonds is 3. The third kappa shape index (κ3) is 3.12. The lowest BCUT2D eigenvalue weighted by atomic mass is 9.99. The molecule has 1 aromatic carbocycles. The standard InChI is InChI=1S/C22H21N3O2/c1-15-12-18(13-16(2)24(15)14-20-10-7-11-27-20)21-17(3)23-25(22(21)26)19-8-5-4-6-9-19/h4-13H,14H2,1-3H3. The number of carbonyl (C=O) groups excluding carboxylic acids is 1. The van der Waals surface area contributed by atoms with E-state index in [-0.39, 0.29) is 5.91 Å². The lowest BCUT2D eigenvalue weighted by Crippen LogP contribution is -2.24. The number of hydrogen-bond donors (Lipinski definition) is 0. The fourth-order valence-electron chi connectivity index (χ4n) is 3.46. The van der Waals surface area contributed by atoms with Gasteiger partial charge in [0.25, 0.3) is 5.91 Å². The van der Waals surface area contributed by atoms with Gasteiger partial charge in [0.1, 0.15) is 5.76 Å². The Morgan fingerprint density at radius 3 is 2.30 bits per heavy atom. The van der Waals surface area contributed by atoms with Crippen molar-refractivity contribution in [3.05, 3.63) is 89.2 Å². The molecule has 0 spiro atoms. The van der Waals surface area contributed by atoms with Crippen molar-refractivity contribution in [2.45, 2.75) is 27.3 Å². The van der Waals surface area contributed by atoms with E-state index >= 15 is 0 Å².